The Bertz CT molecular complexity index is 1110. The van der Waals surface area contributed by atoms with Crippen molar-refractivity contribution in [3.05, 3.63) is 53.6 Å². The van der Waals surface area contributed by atoms with Crippen molar-refractivity contribution < 1.29 is 32.2 Å². The molecule has 2 aromatic carbocycles. The van der Waals surface area contributed by atoms with E-state index >= 15 is 0 Å². The molecule has 1 saturated carbocycles. The number of alkyl halides is 3. The van der Waals surface area contributed by atoms with Crippen LogP contribution in [0.5, 0.6) is 11.5 Å². The molecule has 1 heterocycles. The minimum absolute atomic E-state index is 0.0139. The summed E-state index contributed by atoms with van der Waals surface area (Å²) in [7, 11) is 1.23. The van der Waals surface area contributed by atoms with Crippen molar-refractivity contribution >= 4 is 17.6 Å². The second-order valence-electron chi connectivity index (χ2n) is 9.91. The number of carbonyl (C=O) groups is 2. The second kappa shape index (κ2) is 11.5. The summed E-state index contributed by atoms with van der Waals surface area (Å²) in [6, 6.07) is 9.24. The lowest BCUT2D eigenvalue weighted by atomic mass is 9.81. The average molecular weight is 519 g/mol. The quantitative estimate of drug-likeness (QED) is 0.462. The van der Waals surface area contributed by atoms with Gasteiger partial charge in [0.25, 0.3) is 0 Å². The van der Waals surface area contributed by atoms with Gasteiger partial charge in [-0.3, -0.25) is 4.79 Å². The Labute approximate surface area is 215 Å². The molecule has 200 valence electrons. The van der Waals surface area contributed by atoms with Crippen molar-refractivity contribution in [1.29, 1.82) is 0 Å². The highest BCUT2D eigenvalue weighted by atomic mass is 19.4. The molecule has 0 atom stereocenters. The molecule has 37 heavy (non-hydrogen) atoms. The summed E-state index contributed by atoms with van der Waals surface area (Å²) in [5.41, 5.74) is -0.434. The van der Waals surface area contributed by atoms with Gasteiger partial charge >= 0.3 is 12.1 Å². The van der Waals surface area contributed by atoms with Crippen LogP contribution < -0.4 is 15.0 Å². The summed E-state index contributed by atoms with van der Waals surface area (Å²) in [5, 5.41) is 3.31. The van der Waals surface area contributed by atoms with E-state index in [1.807, 2.05) is 0 Å². The largest absolute Gasteiger partial charge is 0.465 e. The van der Waals surface area contributed by atoms with Gasteiger partial charge in [0, 0.05) is 12.0 Å². The Hall–Kier alpha value is -3.07. The van der Waals surface area contributed by atoms with Gasteiger partial charge in [-0.25, -0.2) is 4.79 Å². The SMILES string of the molecule is COC(=O)c1cc(Oc2ccccc2C(F)(F)F)ccc1N(C(=O)[C@H]1CC[C@H](C)CC1)C1CCNCC1. The van der Waals surface area contributed by atoms with Gasteiger partial charge in [0.2, 0.25) is 5.91 Å². The number of nitrogens with one attached hydrogen (secondary N) is 1. The first-order valence-corrected chi connectivity index (χ1v) is 12.8. The van der Waals surface area contributed by atoms with E-state index in [1.165, 1.54) is 37.4 Å². The topological polar surface area (TPSA) is 67.9 Å². The van der Waals surface area contributed by atoms with Crippen LogP contribution in [0, 0.1) is 11.8 Å². The Morgan fingerprint density at radius 3 is 2.30 bits per heavy atom. The molecule has 9 heteroatoms. The van der Waals surface area contributed by atoms with Gasteiger partial charge in [-0.1, -0.05) is 19.1 Å². The predicted octanol–water partition coefficient (Wildman–Crippen LogP) is 6.20. The molecule has 1 aliphatic heterocycles. The summed E-state index contributed by atoms with van der Waals surface area (Å²) in [6.07, 6.45) is 0.406. The van der Waals surface area contributed by atoms with E-state index < -0.39 is 17.7 Å². The molecule has 6 nitrogen and oxygen atoms in total. The lowest BCUT2D eigenvalue weighted by Gasteiger charge is -2.39. The van der Waals surface area contributed by atoms with Gasteiger partial charge in [0.1, 0.15) is 11.5 Å². The van der Waals surface area contributed by atoms with E-state index in [-0.39, 0.29) is 34.9 Å². The van der Waals surface area contributed by atoms with E-state index in [0.717, 1.165) is 57.7 Å². The van der Waals surface area contributed by atoms with Gasteiger partial charge in [0.05, 0.1) is 23.9 Å². The first-order valence-electron chi connectivity index (χ1n) is 12.8. The fraction of sp³-hybridized carbons (Fsp3) is 0.500. The highest BCUT2D eigenvalue weighted by molar-refractivity contribution is 6.04. The number of anilines is 1. The van der Waals surface area contributed by atoms with Crippen molar-refractivity contribution in [2.45, 2.75) is 57.7 Å². The summed E-state index contributed by atoms with van der Waals surface area (Å²) in [4.78, 5) is 28.5. The number of amides is 1. The molecule has 2 fully saturated rings. The first kappa shape index (κ1) is 27.0. The predicted molar refractivity (Wildman–Crippen MR) is 134 cm³/mol. The number of hydrogen-bond donors (Lipinski definition) is 1. The highest BCUT2D eigenvalue weighted by Crippen LogP contribution is 2.40. The molecule has 1 saturated heterocycles. The van der Waals surface area contributed by atoms with Crippen LogP contribution in [0.2, 0.25) is 0 Å². The number of carbonyl (C=O) groups excluding carboxylic acids is 2. The number of hydrogen-bond acceptors (Lipinski definition) is 5. The molecule has 0 bridgehead atoms. The van der Waals surface area contributed by atoms with Crippen molar-refractivity contribution in [2.24, 2.45) is 11.8 Å². The zero-order valence-electron chi connectivity index (χ0n) is 21.1. The van der Waals surface area contributed by atoms with Crippen LogP contribution in [0.3, 0.4) is 0 Å². The van der Waals surface area contributed by atoms with E-state index in [2.05, 4.69) is 12.2 Å². The molecule has 0 unspecified atom stereocenters. The number of methoxy groups -OCH3 is 1. The fourth-order valence-electron chi connectivity index (χ4n) is 5.24. The summed E-state index contributed by atoms with van der Waals surface area (Å²) < 4.78 is 51.0. The Morgan fingerprint density at radius 2 is 1.65 bits per heavy atom. The number of para-hydroxylation sites is 1. The Morgan fingerprint density at radius 1 is 0.973 bits per heavy atom. The molecule has 0 aromatic heterocycles. The van der Waals surface area contributed by atoms with Gasteiger partial charge in [-0.05, 0) is 87.9 Å². The Balaban J connectivity index is 1.72. The fourth-order valence-corrected chi connectivity index (χ4v) is 5.24. The number of benzene rings is 2. The molecule has 1 amide bonds. The Kier molecular flexibility index (Phi) is 8.42. The maximum atomic E-state index is 13.9. The molecule has 0 radical (unpaired) electrons. The van der Waals surface area contributed by atoms with Crippen molar-refractivity contribution in [1.82, 2.24) is 5.32 Å². The molecular weight excluding hydrogens is 485 g/mol. The van der Waals surface area contributed by atoms with Crippen LogP contribution in [-0.4, -0.2) is 38.1 Å². The van der Waals surface area contributed by atoms with Gasteiger partial charge < -0.3 is 19.7 Å². The van der Waals surface area contributed by atoms with Gasteiger partial charge in [0.15, 0.2) is 0 Å². The zero-order chi connectivity index (χ0) is 26.6. The second-order valence-corrected chi connectivity index (χ2v) is 9.91. The summed E-state index contributed by atoms with van der Waals surface area (Å²) >= 11 is 0. The van der Waals surface area contributed by atoms with Crippen LogP contribution in [0.1, 0.15) is 61.4 Å². The molecule has 2 aromatic rings. The molecule has 4 rings (SSSR count). The smallest absolute Gasteiger partial charge is 0.419 e. The number of ether oxygens (including phenoxy) is 2. The first-order chi connectivity index (χ1) is 17.7. The third-order valence-corrected chi connectivity index (χ3v) is 7.33. The van der Waals surface area contributed by atoms with Crippen LogP contribution in [0.25, 0.3) is 0 Å². The number of rotatable bonds is 6. The lowest BCUT2D eigenvalue weighted by Crippen LogP contribution is -2.49. The molecule has 1 aliphatic carbocycles. The number of nitrogens with zero attached hydrogens (tertiary/aromatic N) is 1. The molecule has 0 spiro atoms. The summed E-state index contributed by atoms with van der Waals surface area (Å²) in [5.74, 6) is -0.580. The van der Waals surface area contributed by atoms with E-state index in [0.29, 0.717) is 11.6 Å². The van der Waals surface area contributed by atoms with E-state index in [1.54, 1.807) is 11.0 Å². The van der Waals surface area contributed by atoms with Crippen molar-refractivity contribution in [3.8, 4) is 11.5 Å². The van der Waals surface area contributed by atoms with E-state index in [9.17, 15) is 22.8 Å². The standard InChI is InChI=1S/C28H33F3N2O4/c1-18-7-9-19(10-8-18)26(34)33(20-13-15-32-16-14-20)24-12-11-21(17-22(24)27(35)36-2)37-25-6-4-3-5-23(25)28(29,30)31/h3-6,11-12,17-20,32H,7-10,13-16H2,1-2H3/t18-,19-. The lowest BCUT2D eigenvalue weighted by molar-refractivity contribution is -0.138. The number of halogens is 3. The van der Waals surface area contributed by atoms with E-state index in [4.69, 9.17) is 9.47 Å². The van der Waals surface area contributed by atoms with Crippen molar-refractivity contribution in [3.63, 3.8) is 0 Å². The third-order valence-electron chi connectivity index (χ3n) is 7.33. The highest BCUT2D eigenvalue weighted by Gasteiger charge is 2.36. The van der Waals surface area contributed by atoms with Crippen LogP contribution >= 0.6 is 0 Å². The average Bonchev–Trinajstić information content (AvgIpc) is 2.89. The zero-order valence-corrected chi connectivity index (χ0v) is 21.1. The minimum atomic E-state index is -4.60. The minimum Gasteiger partial charge on any atom is -0.465 e. The maximum absolute atomic E-state index is 13.9. The maximum Gasteiger partial charge on any atom is 0.419 e. The molecule has 2 aliphatic rings. The summed E-state index contributed by atoms with van der Waals surface area (Å²) in [6.45, 7) is 3.69. The normalized spacial score (nSPS) is 20.8. The number of esters is 1. The monoisotopic (exact) mass is 518 g/mol. The van der Waals surface area contributed by atoms with Crippen LogP contribution in [0.4, 0.5) is 18.9 Å². The van der Waals surface area contributed by atoms with Crippen LogP contribution in [0.15, 0.2) is 42.5 Å². The van der Waals surface area contributed by atoms with Crippen molar-refractivity contribution in [2.75, 3.05) is 25.1 Å². The molecule has 1 N–H and O–H groups in total. The van der Waals surface area contributed by atoms with Gasteiger partial charge in [-0.15, -0.1) is 0 Å². The van der Waals surface area contributed by atoms with Gasteiger partial charge in [-0.2, -0.15) is 13.2 Å². The third kappa shape index (κ3) is 6.26. The number of piperidine rings is 1. The van der Waals surface area contributed by atoms with Crippen LogP contribution in [-0.2, 0) is 15.7 Å². The molecular formula is C28H33F3N2O4.